The highest BCUT2D eigenvalue weighted by Gasteiger charge is 2.35. The first-order chi connectivity index (χ1) is 5.88. The van der Waals surface area contributed by atoms with Crippen molar-refractivity contribution in [1.82, 2.24) is 0 Å². The molecule has 1 saturated heterocycles. The molecule has 2 nitrogen and oxygen atoms in total. The molecule has 0 aromatic heterocycles. The fourth-order valence-corrected chi connectivity index (χ4v) is 2.09. The molecule has 0 spiro atoms. The largest absolute Gasteiger partial charge is 0.393 e. The zero-order valence-corrected chi connectivity index (χ0v) is 7.54. The Bertz CT molecular complexity index is 135. The van der Waals surface area contributed by atoms with E-state index < -0.39 is 0 Å². The van der Waals surface area contributed by atoms with Crippen molar-refractivity contribution in [1.29, 1.82) is 0 Å². The molecule has 0 aromatic carbocycles. The molecule has 1 heterocycles. The monoisotopic (exact) mass is 170 g/mol. The lowest BCUT2D eigenvalue weighted by molar-refractivity contribution is 0.0714. The molecule has 2 aliphatic rings. The molecule has 12 heavy (non-hydrogen) atoms. The summed E-state index contributed by atoms with van der Waals surface area (Å²) in [5.41, 5.74) is 0. The van der Waals surface area contributed by atoms with Gasteiger partial charge in [0.1, 0.15) is 0 Å². The summed E-state index contributed by atoms with van der Waals surface area (Å²) in [6.45, 7) is 1.75. The van der Waals surface area contributed by atoms with Crippen LogP contribution >= 0.6 is 0 Å². The lowest BCUT2D eigenvalue weighted by atomic mass is 9.91. The van der Waals surface area contributed by atoms with Gasteiger partial charge in [-0.15, -0.1) is 0 Å². The molecule has 2 unspecified atom stereocenters. The zero-order valence-electron chi connectivity index (χ0n) is 7.54. The molecule has 2 fully saturated rings. The Balaban J connectivity index is 1.82. The van der Waals surface area contributed by atoms with E-state index in [0.29, 0.717) is 11.8 Å². The summed E-state index contributed by atoms with van der Waals surface area (Å²) >= 11 is 0. The molecule has 1 aliphatic carbocycles. The van der Waals surface area contributed by atoms with Crippen LogP contribution in [0.3, 0.4) is 0 Å². The molecule has 0 radical (unpaired) electrons. The van der Waals surface area contributed by atoms with E-state index in [9.17, 15) is 5.11 Å². The van der Waals surface area contributed by atoms with Crippen molar-refractivity contribution in [2.45, 2.75) is 38.2 Å². The summed E-state index contributed by atoms with van der Waals surface area (Å²) in [5, 5.41) is 9.88. The van der Waals surface area contributed by atoms with Crippen molar-refractivity contribution in [3.05, 3.63) is 0 Å². The van der Waals surface area contributed by atoms with Crippen LogP contribution in [0.1, 0.15) is 32.1 Å². The van der Waals surface area contributed by atoms with Crippen molar-refractivity contribution >= 4 is 0 Å². The highest BCUT2D eigenvalue weighted by atomic mass is 16.5. The first-order valence-electron chi connectivity index (χ1n) is 5.14. The van der Waals surface area contributed by atoms with E-state index in [-0.39, 0.29) is 6.10 Å². The van der Waals surface area contributed by atoms with Crippen molar-refractivity contribution in [2.24, 2.45) is 11.8 Å². The normalized spacial score (nSPS) is 34.2. The molecule has 2 atom stereocenters. The molecule has 1 saturated carbocycles. The number of rotatable bonds is 2. The molecule has 1 N–H and O–H groups in total. The van der Waals surface area contributed by atoms with E-state index in [1.54, 1.807) is 0 Å². The third-order valence-electron chi connectivity index (χ3n) is 3.08. The Labute approximate surface area is 73.9 Å². The van der Waals surface area contributed by atoms with Gasteiger partial charge in [-0.3, -0.25) is 0 Å². The van der Waals surface area contributed by atoms with E-state index in [2.05, 4.69) is 0 Å². The molecule has 0 bridgehead atoms. The van der Waals surface area contributed by atoms with Gasteiger partial charge < -0.3 is 9.84 Å². The summed E-state index contributed by atoms with van der Waals surface area (Å²) in [6.07, 6.45) is 5.84. The Morgan fingerprint density at radius 2 is 1.75 bits per heavy atom. The lowest BCUT2D eigenvalue weighted by Crippen LogP contribution is -2.22. The van der Waals surface area contributed by atoms with Crippen LogP contribution in [-0.4, -0.2) is 24.4 Å². The van der Waals surface area contributed by atoms with E-state index in [4.69, 9.17) is 4.74 Å². The summed E-state index contributed by atoms with van der Waals surface area (Å²) in [6, 6.07) is 0. The van der Waals surface area contributed by atoms with Gasteiger partial charge in [0.15, 0.2) is 0 Å². The van der Waals surface area contributed by atoms with Gasteiger partial charge in [-0.2, -0.15) is 0 Å². The molecular weight excluding hydrogens is 152 g/mol. The predicted molar refractivity (Wildman–Crippen MR) is 46.9 cm³/mol. The van der Waals surface area contributed by atoms with Crippen molar-refractivity contribution < 1.29 is 9.84 Å². The summed E-state index contributed by atoms with van der Waals surface area (Å²) < 4.78 is 5.36. The zero-order chi connectivity index (χ0) is 8.39. The Morgan fingerprint density at radius 3 is 2.50 bits per heavy atom. The van der Waals surface area contributed by atoms with Gasteiger partial charge in [-0.05, 0) is 43.9 Å². The third-order valence-corrected chi connectivity index (χ3v) is 3.08. The Morgan fingerprint density at radius 1 is 1.00 bits per heavy atom. The number of hydrogen-bond acceptors (Lipinski definition) is 2. The van der Waals surface area contributed by atoms with Gasteiger partial charge in [0.2, 0.25) is 0 Å². The lowest BCUT2D eigenvalue weighted by Gasteiger charge is -2.19. The van der Waals surface area contributed by atoms with Crippen molar-refractivity contribution in [3.8, 4) is 0 Å². The van der Waals surface area contributed by atoms with Crippen LogP contribution in [0.5, 0.6) is 0 Å². The van der Waals surface area contributed by atoms with Crippen LogP contribution in [0.15, 0.2) is 0 Å². The Hall–Kier alpha value is -0.0800. The van der Waals surface area contributed by atoms with E-state index in [1.807, 2.05) is 0 Å². The second-order valence-corrected chi connectivity index (χ2v) is 4.13. The molecule has 2 heteroatoms. The predicted octanol–water partition coefficient (Wildman–Crippen LogP) is 1.57. The second-order valence-electron chi connectivity index (χ2n) is 4.13. The van der Waals surface area contributed by atoms with Gasteiger partial charge in [-0.1, -0.05) is 0 Å². The number of ether oxygens (including phenoxy) is 1. The molecule has 2 rings (SSSR count). The standard InChI is InChI=1S/C10H18O2/c11-10(9-3-4-9)8-2-1-6-12-7-5-8/h8-11H,1-7H2. The first kappa shape index (κ1) is 8.52. The second kappa shape index (κ2) is 3.75. The molecular formula is C10H18O2. The SMILES string of the molecule is OC(C1CCCOCC1)C1CC1. The minimum absolute atomic E-state index is 0.0216. The topological polar surface area (TPSA) is 29.5 Å². The molecule has 0 aromatic rings. The average molecular weight is 170 g/mol. The Kier molecular flexibility index (Phi) is 2.66. The smallest absolute Gasteiger partial charge is 0.0597 e. The number of aliphatic hydroxyl groups is 1. The highest BCUT2D eigenvalue weighted by Crippen LogP contribution is 2.38. The minimum atomic E-state index is -0.0216. The van der Waals surface area contributed by atoms with E-state index in [1.165, 1.54) is 12.8 Å². The number of hydrogen-bond donors (Lipinski definition) is 1. The van der Waals surface area contributed by atoms with Gasteiger partial charge in [0, 0.05) is 13.2 Å². The van der Waals surface area contributed by atoms with Gasteiger partial charge in [-0.25, -0.2) is 0 Å². The maximum atomic E-state index is 9.88. The number of aliphatic hydroxyl groups excluding tert-OH is 1. The minimum Gasteiger partial charge on any atom is -0.393 e. The summed E-state index contributed by atoms with van der Waals surface area (Å²) in [4.78, 5) is 0. The van der Waals surface area contributed by atoms with Gasteiger partial charge in [0.05, 0.1) is 6.10 Å². The molecule has 1 aliphatic heterocycles. The van der Waals surface area contributed by atoms with Gasteiger partial charge >= 0.3 is 0 Å². The highest BCUT2D eigenvalue weighted by molar-refractivity contribution is 4.85. The van der Waals surface area contributed by atoms with Crippen molar-refractivity contribution in [3.63, 3.8) is 0 Å². The fraction of sp³-hybridized carbons (Fsp3) is 1.00. The van der Waals surface area contributed by atoms with Crippen LogP contribution in [-0.2, 0) is 4.74 Å². The maximum Gasteiger partial charge on any atom is 0.0597 e. The van der Waals surface area contributed by atoms with Crippen molar-refractivity contribution in [2.75, 3.05) is 13.2 Å². The van der Waals surface area contributed by atoms with Gasteiger partial charge in [0.25, 0.3) is 0 Å². The van der Waals surface area contributed by atoms with Crippen LogP contribution in [0, 0.1) is 11.8 Å². The summed E-state index contributed by atoms with van der Waals surface area (Å²) in [5.74, 6) is 1.16. The van der Waals surface area contributed by atoms with Crippen LogP contribution in [0.25, 0.3) is 0 Å². The average Bonchev–Trinajstić information content (AvgIpc) is 2.92. The van der Waals surface area contributed by atoms with Crippen LogP contribution in [0.4, 0.5) is 0 Å². The summed E-state index contributed by atoms with van der Waals surface area (Å²) in [7, 11) is 0. The third kappa shape index (κ3) is 1.99. The van der Waals surface area contributed by atoms with E-state index >= 15 is 0 Å². The molecule has 70 valence electrons. The maximum absolute atomic E-state index is 9.88. The first-order valence-corrected chi connectivity index (χ1v) is 5.14. The quantitative estimate of drug-likeness (QED) is 0.681. The fourth-order valence-electron chi connectivity index (χ4n) is 2.09. The van der Waals surface area contributed by atoms with Crippen LogP contribution in [0.2, 0.25) is 0 Å². The molecule has 0 amide bonds. The van der Waals surface area contributed by atoms with Crippen LogP contribution < -0.4 is 0 Å². The van der Waals surface area contributed by atoms with E-state index in [0.717, 1.165) is 32.5 Å².